The molecule has 4 heterocycles. The molecule has 2 atom stereocenters. The minimum absolute atomic E-state index is 0.00295. The van der Waals surface area contributed by atoms with Crippen molar-refractivity contribution in [1.82, 2.24) is 14.8 Å². The summed E-state index contributed by atoms with van der Waals surface area (Å²) in [4.78, 5) is 33.6. The molecule has 0 N–H and O–H groups in total. The van der Waals surface area contributed by atoms with E-state index in [1.54, 1.807) is 17.6 Å². The minimum atomic E-state index is -0.308. The molecule has 2 aromatic rings. The number of amides is 2. The van der Waals surface area contributed by atoms with E-state index >= 15 is 0 Å². The molecule has 5 nitrogen and oxygen atoms in total. The summed E-state index contributed by atoms with van der Waals surface area (Å²) in [6.45, 7) is 1.55. The van der Waals surface area contributed by atoms with Gasteiger partial charge in [-0.05, 0) is 30.5 Å². The third-order valence-corrected chi connectivity index (χ3v) is 5.87. The van der Waals surface area contributed by atoms with E-state index in [4.69, 9.17) is 0 Å². The van der Waals surface area contributed by atoms with Crippen molar-refractivity contribution >= 4 is 23.2 Å². The lowest BCUT2D eigenvalue weighted by atomic mass is 9.94. The normalized spacial score (nSPS) is 22.6. The van der Waals surface area contributed by atoms with E-state index < -0.39 is 0 Å². The van der Waals surface area contributed by atoms with Crippen molar-refractivity contribution in [2.24, 2.45) is 5.92 Å². The van der Waals surface area contributed by atoms with E-state index in [-0.39, 0.29) is 36.0 Å². The number of nitrogens with zero attached hydrogens (tertiary/aromatic N) is 3. The van der Waals surface area contributed by atoms with Crippen LogP contribution in [0.3, 0.4) is 0 Å². The van der Waals surface area contributed by atoms with E-state index in [1.165, 1.54) is 23.5 Å². The first kappa shape index (κ1) is 17.1. The second-order valence-electron chi connectivity index (χ2n) is 6.98. The fourth-order valence-electron chi connectivity index (χ4n) is 3.83. The van der Waals surface area contributed by atoms with E-state index in [2.05, 4.69) is 4.98 Å². The molecule has 0 saturated carbocycles. The highest BCUT2D eigenvalue weighted by molar-refractivity contribution is 7.07. The minimum Gasteiger partial charge on any atom is -0.340 e. The molecule has 1 aromatic carbocycles. The van der Waals surface area contributed by atoms with Crippen LogP contribution in [0.2, 0.25) is 0 Å². The lowest BCUT2D eigenvalue weighted by Gasteiger charge is -2.35. The van der Waals surface area contributed by atoms with Crippen LogP contribution in [-0.4, -0.2) is 45.7 Å². The monoisotopic (exact) mass is 373 g/mol. The van der Waals surface area contributed by atoms with Gasteiger partial charge in [0.15, 0.2) is 0 Å². The summed E-state index contributed by atoms with van der Waals surface area (Å²) in [6.07, 6.45) is 1.98. The first-order valence-corrected chi connectivity index (χ1v) is 9.74. The van der Waals surface area contributed by atoms with Gasteiger partial charge >= 0.3 is 0 Å². The van der Waals surface area contributed by atoms with Crippen molar-refractivity contribution in [2.45, 2.75) is 31.8 Å². The van der Waals surface area contributed by atoms with E-state index in [0.29, 0.717) is 19.6 Å². The Morgan fingerprint density at radius 3 is 2.77 bits per heavy atom. The number of halogens is 1. The molecule has 3 aliphatic heterocycles. The van der Waals surface area contributed by atoms with Crippen molar-refractivity contribution in [2.75, 3.05) is 13.1 Å². The van der Waals surface area contributed by atoms with Gasteiger partial charge in [-0.15, -0.1) is 11.3 Å². The molecule has 3 fully saturated rings. The van der Waals surface area contributed by atoms with Gasteiger partial charge < -0.3 is 9.80 Å². The van der Waals surface area contributed by atoms with Crippen molar-refractivity contribution in [3.05, 3.63) is 52.2 Å². The number of carbonyl (C=O) groups is 2. The van der Waals surface area contributed by atoms with Gasteiger partial charge in [-0.3, -0.25) is 9.59 Å². The number of thiazole rings is 1. The Hall–Kier alpha value is -2.28. The standard InChI is InChI=1S/C19H20FN3O2S/c20-15-4-1-13(2-5-15)7-18(24)22-8-14-3-6-17(10-22)23(19(14)25)9-16-11-26-12-21-16/h1-2,4-5,11-12,14,17H,3,6-10H2/t14-,17+/m0/s1. The van der Waals surface area contributed by atoms with Crippen LogP contribution in [0.5, 0.6) is 0 Å². The summed E-state index contributed by atoms with van der Waals surface area (Å²) in [6, 6.07) is 6.06. The first-order chi connectivity index (χ1) is 12.6. The average Bonchev–Trinajstić information content (AvgIpc) is 2.99. The maximum atomic E-state index is 13.0. The topological polar surface area (TPSA) is 53.5 Å². The van der Waals surface area contributed by atoms with Crippen molar-refractivity contribution in [3.8, 4) is 0 Å². The second-order valence-corrected chi connectivity index (χ2v) is 7.69. The number of fused-ring (bicyclic) bond motifs is 4. The third-order valence-electron chi connectivity index (χ3n) is 5.23. The largest absolute Gasteiger partial charge is 0.340 e. The predicted molar refractivity (Wildman–Crippen MR) is 95.9 cm³/mol. The summed E-state index contributed by atoms with van der Waals surface area (Å²) < 4.78 is 13.0. The second kappa shape index (κ2) is 7.15. The molecule has 3 aliphatic rings. The van der Waals surface area contributed by atoms with Crippen LogP contribution >= 0.6 is 11.3 Å². The Kier molecular flexibility index (Phi) is 4.72. The van der Waals surface area contributed by atoms with Crippen LogP contribution in [0.25, 0.3) is 0 Å². The summed E-state index contributed by atoms with van der Waals surface area (Å²) in [5, 5.41) is 1.96. The maximum Gasteiger partial charge on any atom is 0.228 e. The molecule has 0 spiro atoms. The number of benzene rings is 1. The Labute approximate surface area is 155 Å². The van der Waals surface area contributed by atoms with Gasteiger partial charge in [0.25, 0.3) is 0 Å². The van der Waals surface area contributed by atoms with Crippen LogP contribution in [0, 0.1) is 11.7 Å². The van der Waals surface area contributed by atoms with E-state index in [9.17, 15) is 14.0 Å². The lowest BCUT2D eigenvalue weighted by molar-refractivity contribution is -0.140. The molecule has 0 aliphatic carbocycles. The van der Waals surface area contributed by atoms with Crippen LogP contribution in [0.1, 0.15) is 24.1 Å². The molecule has 136 valence electrons. The Morgan fingerprint density at radius 2 is 2.04 bits per heavy atom. The summed E-state index contributed by atoms with van der Waals surface area (Å²) >= 11 is 1.52. The molecule has 0 radical (unpaired) electrons. The third kappa shape index (κ3) is 3.49. The van der Waals surface area contributed by atoms with Crippen molar-refractivity contribution < 1.29 is 14.0 Å². The van der Waals surface area contributed by atoms with Gasteiger partial charge in [-0.1, -0.05) is 12.1 Å². The van der Waals surface area contributed by atoms with Gasteiger partial charge in [-0.2, -0.15) is 0 Å². The quantitative estimate of drug-likeness (QED) is 0.827. The molecular weight excluding hydrogens is 353 g/mol. The molecule has 0 unspecified atom stereocenters. The predicted octanol–water partition coefficient (Wildman–Crippen LogP) is 2.47. The highest BCUT2D eigenvalue weighted by atomic mass is 32.1. The summed E-state index contributed by atoms with van der Waals surface area (Å²) in [7, 11) is 0. The van der Waals surface area contributed by atoms with E-state index in [0.717, 1.165) is 24.1 Å². The smallest absolute Gasteiger partial charge is 0.228 e. The average molecular weight is 373 g/mol. The van der Waals surface area contributed by atoms with Crippen molar-refractivity contribution in [1.29, 1.82) is 0 Å². The number of hydrogen-bond acceptors (Lipinski definition) is 4. The van der Waals surface area contributed by atoms with Crippen LogP contribution in [0.15, 0.2) is 35.2 Å². The zero-order valence-corrected chi connectivity index (χ0v) is 15.1. The zero-order chi connectivity index (χ0) is 18.1. The maximum absolute atomic E-state index is 13.0. The number of rotatable bonds is 4. The fraction of sp³-hybridized carbons (Fsp3) is 0.421. The molecule has 26 heavy (non-hydrogen) atoms. The van der Waals surface area contributed by atoms with E-state index in [1.807, 2.05) is 15.2 Å². The van der Waals surface area contributed by atoms with Gasteiger partial charge in [0.2, 0.25) is 11.8 Å². The first-order valence-electron chi connectivity index (χ1n) is 8.80. The molecule has 2 bridgehead atoms. The highest BCUT2D eigenvalue weighted by Crippen LogP contribution is 2.30. The fourth-order valence-corrected chi connectivity index (χ4v) is 4.38. The number of aromatic nitrogens is 1. The molecular formula is C19H20FN3O2S. The summed E-state index contributed by atoms with van der Waals surface area (Å²) in [5.41, 5.74) is 3.47. The van der Waals surface area contributed by atoms with Crippen LogP contribution in [0.4, 0.5) is 4.39 Å². The number of hydrogen-bond donors (Lipinski definition) is 0. The molecule has 1 aromatic heterocycles. The van der Waals surface area contributed by atoms with Crippen LogP contribution < -0.4 is 0 Å². The highest BCUT2D eigenvalue weighted by Gasteiger charge is 2.41. The Bertz CT molecular complexity index is 794. The number of piperidine rings is 1. The van der Waals surface area contributed by atoms with Gasteiger partial charge in [-0.25, -0.2) is 9.37 Å². The van der Waals surface area contributed by atoms with Gasteiger partial charge in [0.1, 0.15) is 5.82 Å². The lowest BCUT2D eigenvalue weighted by Crippen LogP contribution is -2.47. The Morgan fingerprint density at radius 1 is 1.23 bits per heavy atom. The zero-order valence-electron chi connectivity index (χ0n) is 14.3. The van der Waals surface area contributed by atoms with Gasteiger partial charge in [0.05, 0.1) is 30.1 Å². The summed E-state index contributed by atoms with van der Waals surface area (Å²) in [5.74, 6) is -0.315. The van der Waals surface area contributed by atoms with Crippen LogP contribution in [-0.2, 0) is 22.6 Å². The van der Waals surface area contributed by atoms with Crippen molar-refractivity contribution in [3.63, 3.8) is 0 Å². The molecule has 3 saturated heterocycles. The molecule has 2 amide bonds. The molecule has 7 heteroatoms. The number of carbonyl (C=O) groups excluding carboxylic acids is 2. The Balaban J connectivity index is 1.47. The molecule has 5 rings (SSSR count). The van der Waals surface area contributed by atoms with Gasteiger partial charge in [0, 0.05) is 24.5 Å². The SMILES string of the molecule is O=C(Cc1ccc(F)cc1)N1C[C@@H]2CC[C@H](C1)N(Cc1cscn1)C2=O.